The fourth-order valence-corrected chi connectivity index (χ4v) is 4.75. The maximum absolute atomic E-state index is 12.6. The lowest BCUT2D eigenvalue weighted by molar-refractivity contribution is -0.120. The average Bonchev–Trinajstić information content (AvgIpc) is 3.16. The van der Waals surface area contributed by atoms with Crippen molar-refractivity contribution in [3.05, 3.63) is 17.3 Å². The number of nitrogens with one attached hydrogen (secondary N) is 1. The summed E-state index contributed by atoms with van der Waals surface area (Å²) in [6, 6.07) is 1.86. The summed E-state index contributed by atoms with van der Waals surface area (Å²) in [5.41, 5.74) is 0.733. The third-order valence-electron chi connectivity index (χ3n) is 4.81. The Kier molecular flexibility index (Phi) is 4.57. The number of carbonyl (C=O) groups excluding carboxylic acids is 1. The summed E-state index contributed by atoms with van der Waals surface area (Å²) >= 11 is 1.41. The molecule has 1 aliphatic carbocycles. The molecule has 0 radical (unpaired) electrons. The molecular weight excluding hydrogens is 376 g/mol. The lowest BCUT2D eigenvalue weighted by Gasteiger charge is -2.29. The van der Waals surface area contributed by atoms with Crippen LogP contribution in [0.3, 0.4) is 0 Å². The second-order valence-corrected chi connectivity index (χ2v) is 9.72. The van der Waals surface area contributed by atoms with Gasteiger partial charge < -0.3 is 9.84 Å². The van der Waals surface area contributed by atoms with E-state index in [4.69, 9.17) is 4.52 Å². The Balaban J connectivity index is 1.42. The molecule has 0 atom stereocenters. The predicted molar refractivity (Wildman–Crippen MR) is 97.4 cm³/mol. The molecular formula is C16H20N4O4S2. The van der Waals surface area contributed by atoms with Gasteiger partial charge in [-0.3, -0.25) is 4.79 Å². The second-order valence-electron chi connectivity index (χ2n) is 6.82. The lowest BCUT2D eigenvalue weighted by Crippen LogP contribution is -2.40. The Bertz CT molecular complexity index is 908. The first-order valence-corrected chi connectivity index (χ1v) is 11.3. The third-order valence-corrected chi connectivity index (χ3v) is 6.94. The Morgan fingerprint density at radius 2 is 2.04 bits per heavy atom. The Labute approximate surface area is 155 Å². The van der Waals surface area contributed by atoms with Crippen LogP contribution >= 0.6 is 11.3 Å². The summed E-state index contributed by atoms with van der Waals surface area (Å²) in [6.45, 7) is 0.755. The van der Waals surface area contributed by atoms with E-state index in [0.717, 1.165) is 24.2 Å². The molecule has 1 N–H and O–H groups in total. The molecule has 1 saturated carbocycles. The molecule has 140 valence electrons. The molecule has 2 aromatic rings. The highest BCUT2D eigenvalue weighted by molar-refractivity contribution is 7.88. The van der Waals surface area contributed by atoms with Crippen molar-refractivity contribution < 1.29 is 17.7 Å². The summed E-state index contributed by atoms with van der Waals surface area (Å²) < 4.78 is 29.9. The van der Waals surface area contributed by atoms with Gasteiger partial charge in [0.05, 0.1) is 11.8 Å². The van der Waals surface area contributed by atoms with Crippen molar-refractivity contribution >= 4 is 32.3 Å². The number of amides is 1. The number of piperidine rings is 1. The Hall–Kier alpha value is -1.78. The number of aromatic nitrogens is 2. The number of nitrogens with zero attached hydrogens (tertiary/aromatic N) is 3. The quantitative estimate of drug-likeness (QED) is 0.831. The van der Waals surface area contributed by atoms with Crippen LogP contribution in [0.15, 0.2) is 16.0 Å². The van der Waals surface area contributed by atoms with Gasteiger partial charge in [-0.2, -0.15) is 4.98 Å². The maximum atomic E-state index is 12.6. The number of sulfonamides is 1. The van der Waals surface area contributed by atoms with Gasteiger partial charge >= 0.3 is 0 Å². The highest BCUT2D eigenvalue weighted by Crippen LogP contribution is 2.40. The van der Waals surface area contributed by atoms with E-state index in [2.05, 4.69) is 15.5 Å². The first kappa shape index (κ1) is 17.6. The van der Waals surface area contributed by atoms with Gasteiger partial charge in [-0.1, -0.05) is 5.16 Å². The Morgan fingerprint density at radius 1 is 1.31 bits per heavy atom. The smallest absolute Gasteiger partial charge is 0.260 e. The zero-order valence-electron chi connectivity index (χ0n) is 14.3. The summed E-state index contributed by atoms with van der Waals surface area (Å²) in [7, 11) is -3.19. The summed E-state index contributed by atoms with van der Waals surface area (Å²) in [5.74, 6) is 1.27. The lowest BCUT2D eigenvalue weighted by atomic mass is 9.97. The standard InChI is InChI=1S/C16H20N4O4S2/c1-26(22,23)20-7-4-11(5-8-20)14(21)18-16-12(6-9-25-16)15-17-13(19-24-15)10-2-3-10/h6,9-11H,2-5,7-8H2,1H3,(H,18,21). The van der Waals surface area contributed by atoms with Gasteiger partial charge in [0.15, 0.2) is 5.82 Å². The second kappa shape index (κ2) is 6.75. The normalized spacial score (nSPS) is 19.6. The maximum Gasteiger partial charge on any atom is 0.260 e. The van der Waals surface area contributed by atoms with Gasteiger partial charge in [0, 0.05) is 24.9 Å². The molecule has 2 aliphatic rings. The van der Waals surface area contributed by atoms with E-state index < -0.39 is 10.0 Å². The number of thiophene rings is 1. The van der Waals surface area contributed by atoms with Gasteiger partial charge in [0.25, 0.3) is 5.89 Å². The van der Waals surface area contributed by atoms with Crippen LogP contribution in [0.25, 0.3) is 11.5 Å². The van der Waals surface area contributed by atoms with E-state index in [1.807, 2.05) is 11.4 Å². The molecule has 0 spiro atoms. The fourth-order valence-electron chi connectivity index (χ4n) is 3.09. The molecule has 2 fully saturated rings. The van der Waals surface area contributed by atoms with Crippen LogP contribution < -0.4 is 5.32 Å². The molecule has 1 aliphatic heterocycles. The van der Waals surface area contributed by atoms with E-state index in [0.29, 0.717) is 42.7 Å². The van der Waals surface area contributed by atoms with Crippen molar-refractivity contribution in [2.24, 2.45) is 5.92 Å². The van der Waals surface area contributed by atoms with Crippen molar-refractivity contribution in [3.63, 3.8) is 0 Å². The van der Waals surface area contributed by atoms with Crippen molar-refractivity contribution in [2.75, 3.05) is 24.7 Å². The molecule has 1 saturated heterocycles. The molecule has 2 aromatic heterocycles. The highest BCUT2D eigenvalue weighted by Gasteiger charge is 2.31. The van der Waals surface area contributed by atoms with Gasteiger partial charge in [-0.25, -0.2) is 12.7 Å². The first-order valence-electron chi connectivity index (χ1n) is 8.59. The number of anilines is 1. The van der Waals surface area contributed by atoms with E-state index in [1.54, 1.807) is 0 Å². The van der Waals surface area contributed by atoms with Gasteiger partial charge in [-0.15, -0.1) is 11.3 Å². The zero-order valence-corrected chi connectivity index (χ0v) is 16.0. The van der Waals surface area contributed by atoms with Crippen LogP contribution in [0.5, 0.6) is 0 Å². The molecule has 4 rings (SSSR count). The highest BCUT2D eigenvalue weighted by atomic mass is 32.2. The minimum Gasteiger partial charge on any atom is -0.334 e. The molecule has 10 heteroatoms. The van der Waals surface area contributed by atoms with E-state index in [1.165, 1.54) is 21.9 Å². The summed E-state index contributed by atoms with van der Waals surface area (Å²) in [6.07, 6.45) is 4.43. The van der Waals surface area contributed by atoms with Gasteiger partial charge in [0.1, 0.15) is 5.00 Å². The van der Waals surface area contributed by atoms with Crippen molar-refractivity contribution in [1.29, 1.82) is 0 Å². The molecule has 0 bridgehead atoms. The minimum absolute atomic E-state index is 0.0937. The zero-order chi connectivity index (χ0) is 18.3. The van der Waals surface area contributed by atoms with Crippen molar-refractivity contribution in [3.8, 4) is 11.5 Å². The van der Waals surface area contributed by atoms with E-state index in [-0.39, 0.29) is 11.8 Å². The summed E-state index contributed by atoms with van der Waals surface area (Å²) in [4.78, 5) is 17.0. The van der Waals surface area contributed by atoms with E-state index in [9.17, 15) is 13.2 Å². The molecule has 26 heavy (non-hydrogen) atoms. The van der Waals surface area contributed by atoms with Crippen LogP contribution in [-0.4, -0.2) is 48.1 Å². The molecule has 1 amide bonds. The van der Waals surface area contributed by atoms with Crippen molar-refractivity contribution in [2.45, 2.75) is 31.6 Å². The van der Waals surface area contributed by atoms with Gasteiger partial charge in [-0.05, 0) is 37.1 Å². The minimum atomic E-state index is -3.19. The average molecular weight is 396 g/mol. The fraction of sp³-hybridized carbons (Fsp3) is 0.562. The first-order chi connectivity index (χ1) is 12.4. The molecule has 0 aromatic carbocycles. The summed E-state index contributed by atoms with van der Waals surface area (Å²) in [5, 5.41) is 9.53. The van der Waals surface area contributed by atoms with Crippen LogP contribution in [0.4, 0.5) is 5.00 Å². The molecule has 8 nitrogen and oxygen atoms in total. The van der Waals surface area contributed by atoms with Gasteiger partial charge in [0.2, 0.25) is 15.9 Å². The molecule has 3 heterocycles. The monoisotopic (exact) mass is 396 g/mol. The van der Waals surface area contributed by atoms with Crippen molar-refractivity contribution in [1.82, 2.24) is 14.4 Å². The number of hydrogen-bond donors (Lipinski definition) is 1. The van der Waals surface area contributed by atoms with E-state index >= 15 is 0 Å². The number of hydrogen-bond acceptors (Lipinski definition) is 7. The van der Waals surface area contributed by atoms with Crippen LogP contribution in [0.2, 0.25) is 0 Å². The topological polar surface area (TPSA) is 105 Å². The largest absolute Gasteiger partial charge is 0.334 e. The van der Waals surface area contributed by atoms with Crippen LogP contribution in [0.1, 0.15) is 37.4 Å². The molecule has 0 unspecified atom stereocenters. The predicted octanol–water partition coefficient (Wildman–Crippen LogP) is 2.29. The SMILES string of the molecule is CS(=O)(=O)N1CCC(C(=O)Nc2sccc2-c2nc(C3CC3)no2)CC1. The number of rotatable bonds is 5. The van der Waals surface area contributed by atoms with Crippen LogP contribution in [0, 0.1) is 5.92 Å². The third kappa shape index (κ3) is 3.67. The Morgan fingerprint density at radius 3 is 2.69 bits per heavy atom. The number of carbonyl (C=O) groups is 1. The van der Waals surface area contributed by atoms with Crippen LogP contribution in [-0.2, 0) is 14.8 Å².